The Hall–Kier alpha value is -0.980. The maximum absolute atomic E-state index is 9.66. The molecule has 0 fully saturated rings. The van der Waals surface area contributed by atoms with E-state index in [9.17, 15) is 5.11 Å². The third kappa shape index (κ3) is 8.69. The minimum atomic E-state index is -0.526. The van der Waals surface area contributed by atoms with Gasteiger partial charge in [0.25, 0.3) is 0 Å². The van der Waals surface area contributed by atoms with Crippen LogP contribution in [0.5, 0.6) is 0 Å². The molecule has 0 bridgehead atoms. The first-order valence-electron chi connectivity index (χ1n) is 6.52. The zero-order chi connectivity index (χ0) is 13.8. The number of nitrogens with one attached hydrogen (secondary N) is 1. The van der Waals surface area contributed by atoms with Gasteiger partial charge in [0.1, 0.15) is 0 Å². The standard InChI is InChI=1S/C14H23NO4/c16-7-9-18-8-6-15-10-14(17)12-19-11-13-4-2-1-3-5-13/h1-5,14-17H,6-12H2/t14-/m0/s1. The zero-order valence-corrected chi connectivity index (χ0v) is 11.1. The monoisotopic (exact) mass is 269 g/mol. The van der Waals surface area contributed by atoms with Crippen molar-refractivity contribution in [1.29, 1.82) is 0 Å². The lowest BCUT2D eigenvalue weighted by atomic mass is 10.2. The summed E-state index contributed by atoms with van der Waals surface area (Å²) in [6.45, 7) is 2.85. The van der Waals surface area contributed by atoms with E-state index < -0.39 is 6.10 Å². The van der Waals surface area contributed by atoms with Gasteiger partial charge in [-0.3, -0.25) is 0 Å². The van der Waals surface area contributed by atoms with Gasteiger partial charge in [0.15, 0.2) is 0 Å². The van der Waals surface area contributed by atoms with Gasteiger partial charge in [0, 0.05) is 13.1 Å². The molecule has 0 saturated carbocycles. The van der Waals surface area contributed by atoms with Crippen LogP contribution >= 0.6 is 0 Å². The predicted octanol–water partition coefficient (Wildman–Crippen LogP) is 0.163. The SMILES string of the molecule is OCCOCCNC[C@H](O)COCc1ccccc1. The molecule has 1 aromatic rings. The van der Waals surface area contributed by atoms with Crippen molar-refractivity contribution < 1.29 is 19.7 Å². The van der Waals surface area contributed by atoms with Crippen molar-refractivity contribution in [2.24, 2.45) is 0 Å². The fourth-order valence-corrected chi connectivity index (χ4v) is 1.53. The molecule has 1 rings (SSSR count). The molecule has 1 aromatic carbocycles. The molecule has 5 heteroatoms. The zero-order valence-electron chi connectivity index (χ0n) is 11.1. The van der Waals surface area contributed by atoms with Gasteiger partial charge in [-0.1, -0.05) is 30.3 Å². The van der Waals surface area contributed by atoms with Crippen LogP contribution in [0.25, 0.3) is 0 Å². The Bertz CT molecular complexity index is 308. The van der Waals surface area contributed by atoms with Gasteiger partial charge >= 0.3 is 0 Å². The molecule has 0 amide bonds. The topological polar surface area (TPSA) is 71.0 Å². The summed E-state index contributed by atoms with van der Waals surface area (Å²) in [7, 11) is 0. The largest absolute Gasteiger partial charge is 0.394 e. The third-order valence-corrected chi connectivity index (χ3v) is 2.46. The van der Waals surface area contributed by atoms with Crippen LogP contribution in [0.15, 0.2) is 30.3 Å². The number of aliphatic hydroxyl groups is 2. The average molecular weight is 269 g/mol. The number of hydrogen-bond donors (Lipinski definition) is 3. The molecular weight excluding hydrogens is 246 g/mol. The van der Waals surface area contributed by atoms with Gasteiger partial charge < -0.3 is 25.0 Å². The average Bonchev–Trinajstić information content (AvgIpc) is 2.44. The Kier molecular flexibility index (Phi) is 9.22. The highest BCUT2D eigenvalue weighted by Crippen LogP contribution is 2.00. The first-order valence-corrected chi connectivity index (χ1v) is 6.52. The van der Waals surface area contributed by atoms with E-state index in [0.29, 0.717) is 39.5 Å². The molecule has 0 radical (unpaired) electrons. The van der Waals surface area contributed by atoms with E-state index in [4.69, 9.17) is 14.6 Å². The molecule has 0 spiro atoms. The lowest BCUT2D eigenvalue weighted by Crippen LogP contribution is -2.32. The Morgan fingerprint density at radius 3 is 2.63 bits per heavy atom. The molecule has 1 atom stereocenters. The fourth-order valence-electron chi connectivity index (χ4n) is 1.53. The third-order valence-electron chi connectivity index (χ3n) is 2.46. The van der Waals surface area contributed by atoms with E-state index in [1.165, 1.54) is 0 Å². The number of rotatable bonds is 11. The van der Waals surface area contributed by atoms with E-state index >= 15 is 0 Å². The summed E-state index contributed by atoms with van der Waals surface area (Å²) in [6, 6.07) is 9.86. The number of hydrogen-bond acceptors (Lipinski definition) is 5. The van der Waals surface area contributed by atoms with Crippen molar-refractivity contribution in [1.82, 2.24) is 5.32 Å². The second kappa shape index (κ2) is 10.9. The van der Waals surface area contributed by atoms with E-state index in [2.05, 4.69) is 5.32 Å². The van der Waals surface area contributed by atoms with Crippen LogP contribution in [0.3, 0.4) is 0 Å². The molecule has 108 valence electrons. The van der Waals surface area contributed by atoms with Crippen molar-refractivity contribution in [2.75, 3.05) is 39.5 Å². The Morgan fingerprint density at radius 1 is 1.11 bits per heavy atom. The summed E-state index contributed by atoms with van der Waals surface area (Å²) < 4.78 is 10.5. The molecule has 0 saturated heterocycles. The Morgan fingerprint density at radius 2 is 1.89 bits per heavy atom. The van der Waals surface area contributed by atoms with Crippen LogP contribution in [-0.2, 0) is 16.1 Å². The van der Waals surface area contributed by atoms with Gasteiger partial charge in [-0.25, -0.2) is 0 Å². The highest BCUT2D eigenvalue weighted by atomic mass is 16.5. The maximum atomic E-state index is 9.66. The summed E-state index contributed by atoms with van der Waals surface area (Å²) in [6.07, 6.45) is -0.526. The van der Waals surface area contributed by atoms with Crippen molar-refractivity contribution in [3.8, 4) is 0 Å². The van der Waals surface area contributed by atoms with E-state index in [1.54, 1.807) is 0 Å². The molecule has 3 N–H and O–H groups in total. The lowest BCUT2D eigenvalue weighted by molar-refractivity contribution is 0.0273. The van der Waals surface area contributed by atoms with Crippen LogP contribution in [0.4, 0.5) is 0 Å². The molecular formula is C14H23NO4. The normalized spacial score (nSPS) is 12.5. The Balaban J connectivity index is 1.94. The highest BCUT2D eigenvalue weighted by Gasteiger charge is 2.03. The fraction of sp³-hybridized carbons (Fsp3) is 0.571. The van der Waals surface area contributed by atoms with Crippen molar-refractivity contribution in [3.63, 3.8) is 0 Å². The molecule has 0 aliphatic carbocycles. The van der Waals surface area contributed by atoms with Crippen LogP contribution < -0.4 is 5.32 Å². The molecule has 0 unspecified atom stereocenters. The number of aliphatic hydroxyl groups excluding tert-OH is 2. The van der Waals surface area contributed by atoms with Crippen molar-refractivity contribution in [3.05, 3.63) is 35.9 Å². The molecule has 0 aliphatic heterocycles. The van der Waals surface area contributed by atoms with E-state index in [-0.39, 0.29) is 6.61 Å². The van der Waals surface area contributed by atoms with Gasteiger partial charge in [-0.05, 0) is 5.56 Å². The summed E-state index contributed by atoms with van der Waals surface area (Å²) in [5.74, 6) is 0. The second-order valence-corrected chi connectivity index (χ2v) is 4.19. The molecule has 0 aromatic heterocycles. The number of benzene rings is 1. The van der Waals surface area contributed by atoms with E-state index in [0.717, 1.165) is 5.56 Å². The molecule has 5 nitrogen and oxygen atoms in total. The van der Waals surface area contributed by atoms with E-state index in [1.807, 2.05) is 30.3 Å². The van der Waals surface area contributed by atoms with Crippen molar-refractivity contribution in [2.45, 2.75) is 12.7 Å². The van der Waals surface area contributed by atoms with Gasteiger partial charge in [-0.15, -0.1) is 0 Å². The van der Waals surface area contributed by atoms with Crippen LogP contribution in [-0.4, -0.2) is 55.8 Å². The highest BCUT2D eigenvalue weighted by molar-refractivity contribution is 5.13. The molecule has 19 heavy (non-hydrogen) atoms. The minimum Gasteiger partial charge on any atom is -0.394 e. The summed E-state index contributed by atoms with van der Waals surface area (Å²) in [5, 5.41) is 21.2. The van der Waals surface area contributed by atoms with Crippen LogP contribution in [0, 0.1) is 0 Å². The summed E-state index contributed by atoms with van der Waals surface area (Å²) in [5.41, 5.74) is 1.10. The second-order valence-electron chi connectivity index (χ2n) is 4.19. The Labute approximate surface area is 114 Å². The summed E-state index contributed by atoms with van der Waals surface area (Å²) in [4.78, 5) is 0. The minimum absolute atomic E-state index is 0.0376. The van der Waals surface area contributed by atoms with Crippen LogP contribution in [0.2, 0.25) is 0 Å². The predicted molar refractivity (Wildman–Crippen MR) is 72.9 cm³/mol. The molecule has 0 aliphatic rings. The summed E-state index contributed by atoms with van der Waals surface area (Å²) >= 11 is 0. The lowest BCUT2D eigenvalue weighted by Gasteiger charge is -2.12. The maximum Gasteiger partial charge on any atom is 0.0897 e. The van der Waals surface area contributed by atoms with Gasteiger partial charge in [-0.2, -0.15) is 0 Å². The first kappa shape index (κ1) is 16.1. The smallest absolute Gasteiger partial charge is 0.0897 e. The van der Waals surface area contributed by atoms with Crippen molar-refractivity contribution >= 4 is 0 Å². The van der Waals surface area contributed by atoms with Crippen LogP contribution in [0.1, 0.15) is 5.56 Å². The first-order chi connectivity index (χ1) is 9.33. The van der Waals surface area contributed by atoms with Gasteiger partial charge in [0.2, 0.25) is 0 Å². The quantitative estimate of drug-likeness (QED) is 0.499. The number of ether oxygens (including phenoxy) is 2. The van der Waals surface area contributed by atoms with Gasteiger partial charge in [0.05, 0.1) is 39.1 Å². The molecule has 0 heterocycles.